The second-order valence-electron chi connectivity index (χ2n) is 6.44. The maximum absolute atomic E-state index is 11.4. The van der Waals surface area contributed by atoms with Crippen molar-refractivity contribution in [3.05, 3.63) is 78.0 Å². The Balaban J connectivity index is 1.60. The topological polar surface area (TPSA) is 110 Å². The van der Waals surface area contributed by atoms with Crippen molar-refractivity contribution in [1.82, 2.24) is 9.97 Å². The summed E-state index contributed by atoms with van der Waals surface area (Å²) >= 11 is 1.26. The third-order valence-electron chi connectivity index (χ3n) is 4.43. The van der Waals surface area contributed by atoms with Gasteiger partial charge < -0.3 is 20.9 Å². The minimum atomic E-state index is -0.975. The molecular weight excluding hydrogens is 400 g/mol. The number of pyridine rings is 1. The Kier molecular flexibility index (Phi) is 5.32. The normalized spacial score (nSPS) is 10.6. The fourth-order valence-electron chi connectivity index (χ4n) is 2.96. The molecule has 0 aliphatic rings. The van der Waals surface area contributed by atoms with Crippen molar-refractivity contribution >= 4 is 33.9 Å². The lowest BCUT2D eigenvalue weighted by atomic mass is 10.1. The Morgan fingerprint density at radius 1 is 1.13 bits per heavy atom. The molecular formula is C22H18N4O3S. The largest absolute Gasteiger partial charge is 0.478 e. The molecule has 7 nitrogen and oxygen atoms in total. The van der Waals surface area contributed by atoms with E-state index in [-0.39, 0.29) is 5.56 Å². The number of nitrogen functional groups attached to an aromatic ring is 1. The molecule has 2 aromatic carbocycles. The number of aromatic nitrogens is 2. The van der Waals surface area contributed by atoms with Crippen LogP contribution in [0.25, 0.3) is 11.3 Å². The number of anilines is 3. The smallest absolute Gasteiger partial charge is 0.336 e. The lowest BCUT2D eigenvalue weighted by Crippen LogP contribution is -2.03. The van der Waals surface area contributed by atoms with Gasteiger partial charge in [0, 0.05) is 23.5 Å². The first-order valence-corrected chi connectivity index (χ1v) is 9.88. The highest BCUT2D eigenvalue weighted by atomic mass is 32.1. The van der Waals surface area contributed by atoms with Crippen molar-refractivity contribution in [3.63, 3.8) is 0 Å². The fourth-order valence-corrected chi connectivity index (χ4v) is 3.69. The quantitative estimate of drug-likeness (QED) is 0.388. The van der Waals surface area contributed by atoms with Gasteiger partial charge in [0.2, 0.25) is 5.06 Å². The summed E-state index contributed by atoms with van der Waals surface area (Å²) in [6.45, 7) is 1.75. The van der Waals surface area contributed by atoms with E-state index in [0.29, 0.717) is 38.7 Å². The lowest BCUT2D eigenvalue weighted by Gasteiger charge is -2.12. The number of ether oxygens (including phenoxy) is 1. The van der Waals surface area contributed by atoms with Gasteiger partial charge in [0.15, 0.2) is 5.13 Å². The van der Waals surface area contributed by atoms with Crippen LogP contribution < -0.4 is 15.8 Å². The van der Waals surface area contributed by atoms with Gasteiger partial charge in [-0.05, 0) is 30.7 Å². The molecule has 0 fully saturated rings. The number of nitrogens with zero attached hydrogens (tertiary/aromatic N) is 2. The molecule has 0 bridgehead atoms. The zero-order valence-corrected chi connectivity index (χ0v) is 16.8. The maximum atomic E-state index is 11.4. The molecule has 0 radical (unpaired) electrons. The highest BCUT2D eigenvalue weighted by Gasteiger charge is 2.15. The number of nitrogens with one attached hydrogen (secondary N) is 1. The van der Waals surface area contributed by atoms with Crippen LogP contribution >= 0.6 is 11.3 Å². The predicted molar refractivity (Wildman–Crippen MR) is 118 cm³/mol. The number of rotatable bonds is 6. The monoisotopic (exact) mass is 418 g/mol. The van der Waals surface area contributed by atoms with Crippen LogP contribution in [-0.4, -0.2) is 21.0 Å². The Morgan fingerprint density at radius 3 is 2.70 bits per heavy atom. The second kappa shape index (κ2) is 8.22. The van der Waals surface area contributed by atoms with Crippen LogP contribution in [0.3, 0.4) is 0 Å². The van der Waals surface area contributed by atoms with Crippen LogP contribution in [0.4, 0.5) is 16.6 Å². The van der Waals surface area contributed by atoms with Crippen molar-refractivity contribution in [2.75, 3.05) is 11.1 Å². The van der Waals surface area contributed by atoms with E-state index in [9.17, 15) is 9.90 Å². The summed E-state index contributed by atoms with van der Waals surface area (Å²) < 4.78 is 6.06. The fraction of sp³-hybridized carbons (Fsp3) is 0.0455. The van der Waals surface area contributed by atoms with E-state index >= 15 is 0 Å². The molecule has 150 valence electrons. The van der Waals surface area contributed by atoms with Gasteiger partial charge in [0.1, 0.15) is 17.3 Å². The van der Waals surface area contributed by atoms with E-state index < -0.39 is 5.97 Å². The number of thiazole rings is 1. The van der Waals surface area contributed by atoms with Crippen LogP contribution in [-0.2, 0) is 0 Å². The third-order valence-corrected chi connectivity index (χ3v) is 5.19. The number of nitrogens with two attached hydrogens (primary N) is 1. The van der Waals surface area contributed by atoms with Gasteiger partial charge in [-0.1, -0.05) is 47.7 Å². The maximum Gasteiger partial charge on any atom is 0.336 e. The van der Waals surface area contributed by atoms with E-state index in [2.05, 4.69) is 15.3 Å². The molecule has 8 heteroatoms. The average molecular weight is 418 g/mol. The Morgan fingerprint density at radius 2 is 1.93 bits per heavy atom. The minimum absolute atomic E-state index is 0.236. The molecule has 4 N–H and O–H groups in total. The molecule has 2 aromatic heterocycles. The zero-order valence-electron chi connectivity index (χ0n) is 16.0. The Hall–Kier alpha value is -3.91. The molecule has 0 amide bonds. The number of hydrogen-bond donors (Lipinski definition) is 3. The standard InChI is InChI=1S/C22H18N4O3S/c1-13-16(20(27)28)8-5-9-17(13)25-18-12-15(10-11-24-18)29-21-19(26-22(23)30-21)14-6-3-2-4-7-14/h2-12H,1H3,(H2,23,26)(H,24,25)(H,27,28). The molecule has 0 unspecified atom stereocenters. The average Bonchev–Trinajstić information content (AvgIpc) is 3.10. The molecule has 0 saturated carbocycles. The Labute approximate surface area is 176 Å². The molecule has 0 spiro atoms. The van der Waals surface area contributed by atoms with Crippen molar-refractivity contribution in [2.24, 2.45) is 0 Å². The minimum Gasteiger partial charge on any atom is -0.478 e. The van der Waals surface area contributed by atoms with Crippen molar-refractivity contribution in [3.8, 4) is 22.1 Å². The van der Waals surface area contributed by atoms with E-state index in [1.807, 2.05) is 30.3 Å². The van der Waals surface area contributed by atoms with E-state index in [0.717, 1.165) is 5.56 Å². The van der Waals surface area contributed by atoms with Crippen LogP contribution in [0.5, 0.6) is 10.8 Å². The number of aromatic carboxylic acids is 1. The summed E-state index contributed by atoms with van der Waals surface area (Å²) in [5, 5.41) is 13.5. The summed E-state index contributed by atoms with van der Waals surface area (Å²) in [5.74, 6) is 0.106. The van der Waals surface area contributed by atoms with Crippen LogP contribution in [0.2, 0.25) is 0 Å². The first-order chi connectivity index (χ1) is 14.5. The molecule has 0 atom stereocenters. The molecule has 0 aliphatic heterocycles. The predicted octanol–water partition coefficient (Wildman–Crippen LogP) is 5.33. The van der Waals surface area contributed by atoms with Crippen molar-refractivity contribution < 1.29 is 14.6 Å². The van der Waals surface area contributed by atoms with Crippen LogP contribution in [0, 0.1) is 6.92 Å². The summed E-state index contributed by atoms with van der Waals surface area (Å²) in [5.41, 5.74) is 9.02. The van der Waals surface area contributed by atoms with Crippen LogP contribution in [0.1, 0.15) is 15.9 Å². The van der Waals surface area contributed by atoms with E-state index in [1.54, 1.807) is 43.5 Å². The first kappa shape index (κ1) is 19.4. The van der Waals surface area contributed by atoms with Crippen molar-refractivity contribution in [2.45, 2.75) is 6.92 Å². The molecule has 4 rings (SSSR count). The van der Waals surface area contributed by atoms with Gasteiger partial charge in [0.25, 0.3) is 0 Å². The molecule has 2 heterocycles. The number of carboxylic acids is 1. The molecule has 0 saturated heterocycles. The number of hydrogen-bond acceptors (Lipinski definition) is 7. The SMILES string of the molecule is Cc1c(Nc2cc(Oc3sc(N)nc3-c3ccccc3)ccn2)cccc1C(=O)O. The highest BCUT2D eigenvalue weighted by molar-refractivity contribution is 7.17. The molecule has 0 aliphatic carbocycles. The molecule has 30 heavy (non-hydrogen) atoms. The van der Waals surface area contributed by atoms with Gasteiger partial charge in [-0.2, -0.15) is 0 Å². The third kappa shape index (κ3) is 4.08. The summed E-state index contributed by atoms with van der Waals surface area (Å²) in [6.07, 6.45) is 1.61. The molecule has 4 aromatic rings. The lowest BCUT2D eigenvalue weighted by molar-refractivity contribution is 0.0696. The van der Waals surface area contributed by atoms with Gasteiger partial charge in [0.05, 0.1) is 5.56 Å². The Bertz CT molecular complexity index is 1210. The summed E-state index contributed by atoms with van der Waals surface area (Å²) in [7, 11) is 0. The van der Waals surface area contributed by atoms with E-state index in [4.69, 9.17) is 10.5 Å². The number of carbonyl (C=O) groups is 1. The summed E-state index contributed by atoms with van der Waals surface area (Å²) in [4.78, 5) is 20.0. The van der Waals surface area contributed by atoms with Crippen LogP contribution in [0.15, 0.2) is 66.9 Å². The first-order valence-electron chi connectivity index (χ1n) is 9.07. The van der Waals surface area contributed by atoms with Gasteiger partial charge in [-0.25, -0.2) is 14.8 Å². The number of benzene rings is 2. The highest BCUT2D eigenvalue weighted by Crippen LogP contribution is 2.39. The van der Waals surface area contributed by atoms with E-state index in [1.165, 1.54) is 11.3 Å². The summed E-state index contributed by atoms with van der Waals surface area (Å²) in [6, 6.07) is 18.2. The van der Waals surface area contributed by atoms with Gasteiger partial charge >= 0.3 is 5.97 Å². The number of carboxylic acid groups (broad SMARTS) is 1. The van der Waals surface area contributed by atoms with Gasteiger partial charge in [-0.3, -0.25) is 0 Å². The van der Waals surface area contributed by atoms with Gasteiger partial charge in [-0.15, -0.1) is 0 Å². The van der Waals surface area contributed by atoms with Crippen molar-refractivity contribution in [1.29, 1.82) is 0 Å². The zero-order chi connectivity index (χ0) is 21.1. The second-order valence-corrected chi connectivity index (χ2v) is 7.43.